The first-order valence-electron chi connectivity index (χ1n) is 9.45. The van der Waals surface area contributed by atoms with Crippen LogP contribution in [0.3, 0.4) is 0 Å². The second-order valence-corrected chi connectivity index (χ2v) is 7.90. The Balaban J connectivity index is 1.51. The number of fused-ring (bicyclic) bond motifs is 1. The summed E-state index contributed by atoms with van der Waals surface area (Å²) in [7, 11) is 0. The van der Waals surface area contributed by atoms with Crippen LogP contribution in [-0.4, -0.2) is 16.2 Å². The standard InChI is InChI=1S/C23H24N2OS/c1-17(2)18-9-3-6-12-21(18)26-15-8-14-25-20-11-5-4-10-19(20)24-23(25)22-13-7-16-27-22/h3-7,9-13,16-17H,8,14-15H2,1-2H3. The molecule has 2 aromatic carbocycles. The molecule has 0 N–H and O–H groups in total. The van der Waals surface area contributed by atoms with E-state index >= 15 is 0 Å². The normalized spacial score (nSPS) is 11.4. The van der Waals surface area contributed by atoms with Gasteiger partial charge >= 0.3 is 0 Å². The van der Waals surface area contributed by atoms with Gasteiger partial charge in [0, 0.05) is 6.54 Å². The number of hydrogen-bond acceptors (Lipinski definition) is 3. The van der Waals surface area contributed by atoms with E-state index in [4.69, 9.17) is 9.72 Å². The van der Waals surface area contributed by atoms with Crippen molar-refractivity contribution in [3.8, 4) is 16.5 Å². The van der Waals surface area contributed by atoms with E-state index in [-0.39, 0.29) is 0 Å². The zero-order valence-corrected chi connectivity index (χ0v) is 16.6. The molecule has 0 unspecified atom stereocenters. The van der Waals surface area contributed by atoms with Gasteiger partial charge in [0.25, 0.3) is 0 Å². The van der Waals surface area contributed by atoms with Gasteiger partial charge in [0.2, 0.25) is 0 Å². The van der Waals surface area contributed by atoms with Crippen LogP contribution in [0.1, 0.15) is 31.7 Å². The predicted octanol–water partition coefficient (Wildman–Crippen LogP) is 6.36. The van der Waals surface area contributed by atoms with Crippen molar-refractivity contribution >= 4 is 22.4 Å². The summed E-state index contributed by atoms with van der Waals surface area (Å²) in [4.78, 5) is 6.07. The van der Waals surface area contributed by atoms with Gasteiger partial charge < -0.3 is 9.30 Å². The smallest absolute Gasteiger partial charge is 0.151 e. The number of aromatic nitrogens is 2. The Kier molecular flexibility index (Phi) is 5.26. The van der Waals surface area contributed by atoms with Gasteiger partial charge in [-0.3, -0.25) is 0 Å². The molecular formula is C23H24N2OS. The van der Waals surface area contributed by atoms with Crippen molar-refractivity contribution < 1.29 is 4.74 Å². The molecule has 0 saturated carbocycles. The van der Waals surface area contributed by atoms with Crippen LogP contribution in [-0.2, 0) is 6.54 Å². The average Bonchev–Trinajstić information content (AvgIpc) is 3.33. The zero-order chi connectivity index (χ0) is 18.6. The lowest BCUT2D eigenvalue weighted by Gasteiger charge is -2.14. The topological polar surface area (TPSA) is 27.1 Å². The van der Waals surface area contributed by atoms with E-state index in [0.29, 0.717) is 12.5 Å². The number of hydrogen-bond donors (Lipinski definition) is 0. The zero-order valence-electron chi connectivity index (χ0n) is 15.8. The predicted molar refractivity (Wildman–Crippen MR) is 114 cm³/mol. The Labute approximate surface area is 164 Å². The maximum Gasteiger partial charge on any atom is 0.151 e. The number of benzene rings is 2. The van der Waals surface area contributed by atoms with Crippen LogP contribution < -0.4 is 4.74 Å². The Morgan fingerprint density at radius 1 is 1.00 bits per heavy atom. The van der Waals surface area contributed by atoms with Crippen molar-refractivity contribution in [2.24, 2.45) is 0 Å². The van der Waals surface area contributed by atoms with Crippen LogP contribution in [0.15, 0.2) is 66.0 Å². The van der Waals surface area contributed by atoms with Crippen LogP contribution in [0.4, 0.5) is 0 Å². The number of rotatable bonds is 7. The molecule has 0 aliphatic heterocycles. The summed E-state index contributed by atoms with van der Waals surface area (Å²) in [6.07, 6.45) is 0.936. The van der Waals surface area contributed by atoms with Crippen molar-refractivity contribution in [1.82, 2.24) is 9.55 Å². The fourth-order valence-corrected chi connectivity index (χ4v) is 4.11. The van der Waals surface area contributed by atoms with E-state index in [9.17, 15) is 0 Å². The average molecular weight is 377 g/mol. The number of nitrogens with zero attached hydrogens (tertiary/aromatic N) is 2. The summed E-state index contributed by atoms with van der Waals surface area (Å²) >= 11 is 1.73. The fraction of sp³-hybridized carbons (Fsp3) is 0.261. The lowest BCUT2D eigenvalue weighted by Crippen LogP contribution is -2.07. The van der Waals surface area contributed by atoms with Gasteiger partial charge in [0.15, 0.2) is 5.82 Å². The van der Waals surface area contributed by atoms with Gasteiger partial charge in [-0.15, -0.1) is 11.3 Å². The maximum absolute atomic E-state index is 6.11. The number of ether oxygens (including phenoxy) is 1. The molecule has 4 rings (SSSR count). The SMILES string of the molecule is CC(C)c1ccccc1OCCCn1c(-c2cccs2)nc2ccccc21. The molecular weight excluding hydrogens is 352 g/mol. The van der Waals surface area contributed by atoms with E-state index in [1.807, 2.05) is 12.1 Å². The number of para-hydroxylation sites is 3. The van der Waals surface area contributed by atoms with Crippen LogP contribution in [0.2, 0.25) is 0 Å². The Bertz CT molecular complexity index is 1020. The highest BCUT2D eigenvalue weighted by Crippen LogP contribution is 2.29. The third-order valence-corrected chi connectivity index (χ3v) is 5.59. The van der Waals surface area contributed by atoms with Crippen molar-refractivity contribution in [3.05, 3.63) is 71.6 Å². The first-order chi connectivity index (χ1) is 13.2. The van der Waals surface area contributed by atoms with Crippen LogP contribution >= 0.6 is 11.3 Å². The minimum atomic E-state index is 0.462. The second-order valence-electron chi connectivity index (χ2n) is 6.95. The number of thiophene rings is 1. The molecule has 4 heteroatoms. The lowest BCUT2D eigenvalue weighted by atomic mass is 10.0. The molecule has 27 heavy (non-hydrogen) atoms. The molecule has 2 heterocycles. The fourth-order valence-electron chi connectivity index (χ4n) is 3.39. The third-order valence-electron chi connectivity index (χ3n) is 4.72. The van der Waals surface area contributed by atoms with E-state index in [1.165, 1.54) is 16.0 Å². The van der Waals surface area contributed by atoms with Crippen LogP contribution in [0.25, 0.3) is 21.7 Å². The van der Waals surface area contributed by atoms with Gasteiger partial charge in [-0.2, -0.15) is 0 Å². The third kappa shape index (κ3) is 3.76. The number of aryl methyl sites for hydroxylation is 1. The first kappa shape index (κ1) is 17.8. The quantitative estimate of drug-likeness (QED) is 0.351. The summed E-state index contributed by atoms with van der Waals surface area (Å²) in [5, 5.41) is 2.10. The molecule has 0 aliphatic carbocycles. The Morgan fingerprint density at radius 2 is 1.81 bits per heavy atom. The van der Waals surface area contributed by atoms with Crippen LogP contribution in [0, 0.1) is 0 Å². The van der Waals surface area contributed by atoms with Crippen LogP contribution in [0.5, 0.6) is 5.75 Å². The highest BCUT2D eigenvalue weighted by atomic mass is 32.1. The van der Waals surface area contributed by atoms with Gasteiger partial charge in [0.1, 0.15) is 5.75 Å². The van der Waals surface area contributed by atoms with Gasteiger partial charge in [0.05, 0.1) is 22.5 Å². The molecule has 0 radical (unpaired) electrons. The van der Waals surface area contributed by atoms with E-state index < -0.39 is 0 Å². The Hall–Kier alpha value is -2.59. The van der Waals surface area contributed by atoms with E-state index in [0.717, 1.165) is 30.1 Å². The number of imidazole rings is 1. The highest BCUT2D eigenvalue weighted by Gasteiger charge is 2.13. The molecule has 2 aromatic heterocycles. The molecule has 0 spiro atoms. The largest absolute Gasteiger partial charge is 0.493 e. The lowest BCUT2D eigenvalue weighted by molar-refractivity contribution is 0.299. The second kappa shape index (κ2) is 7.97. The molecule has 4 aromatic rings. The molecule has 0 saturated heterocycles. The first-order valence-corrected chi connectivity index (χ1v) is 10.3. The van der Waals surface area contributed by atoms with Crippen molar-refractivity contribution in [3.63, 3.8) is 0 Å². The molecule has 0 atom stereocenters. The molecule has 0 bridgehead atoms. The molecule has 0 amide bonds. The van der Waals surface area contributed by atoms with Gasteiger partial charge in [-0.25, -0.2) is 4.98 Å². The summed E-state index contributed by atoms with van der Waals surface area (Å²) in [6.45, 7) is 5.98. The van der Waals surface area contributed by atoms with E-state index in [2.05, 4.69) is 72.3 Å². The van der Waals surface area contributed by atoms with Crippen molar-refractivity contribution in [1.29, 1.82) is 0 Å². The van der Waals surface area contributed by atoms with Gasteiger partial charge in [-0.05, 0) is 47.5 Å². The molecule has 138 valence electrons. The maximum atomic E-state index is 6.11. The summed E-state index contributed by atoms with van der Waals surface area (Å²) in [6, 6.07) is 20.9. The molecule has 0 fully saturated rings. The summed E-state index contributed by atoms with van der Waals surface area (Å²) < 4.78 is 8.43. The Morgan fingerprint density at radius 3 is 2.63 bits per heavy atom. The van der Waals surface area contributed by atoms with Gasteiger partial charge in [-0.1, -0.05) is 50.2 Å². The monoisotopic (exact) mass is 376 g/mol. The minimum Gasteiger partial charge on any atom is -0.493 e. The van der Waals surface area contributed by atoms with Crippen molar-refractivity contribution in [2.45, 2.75) is 32.7 Å². The minimum absolute atomic E-state index is 0.462. The highest BCUT2D eigenvalue weighted by molar-refractivity contribution is 7.13. The summed E-state index contributed by atoms with van der Waals surface area (Å²) in [5.41, 5.74) is 3.50. The summed E-state index contributed by atoms with van der Waals surface area (Å²) in [5.74, 6) is 2.51. The molecule has 0 aliphatic rings. The van der Waals surface area contributed by atoms with Crippen molar-refractivity contribution in [2.75, 3.05) is 6.61 Å². The van der Waals surface area contributed by atoms with E-state index in [1.54, 1.807) is 11.3 Å². The molecule has 3 nitrogen and oxygen atoms in total.